The lowest BCUT2D eigenvalue weighted by molar-refractivity contribution is 0.0500. The van der Waals surface area contributed by atoms with Gasteiger partial charge in [-0.2, -0.15) is 0 Å². The van der Waals surface area contributed by atoms with Crippen LogP contribution in [0.5, 0.6) is 0 Å². The smallest absolute Gasteiger partial charge is 0.0721 e. The second-order valence-electron chi connectivity index (χ2n) is 3.93. The summed E-state index contributed by atoms with van der Waals surface area (Å²) < 4.78 is 5.85. The summed E-state index contributed by atoms with van der Waals surface area (Å²) in [6, 6.07) is 7.85. The van der Waals surface area contributed by atoms with Gasteiger partial charge in [-0.15, -0.1) is 0 Å². The SMILES string of the molecule is Clc1cccc(COC2CCCC2Br)c1. The molecule has 3 heteroatoms. The summed E-state index contributed by atoms with van der Waals surface area (Å²) in [6.07, 6.45) is 4.01. The fraction of sp³-hybridized carbons (Fsp3) is 0.500. The first kappa shape index (κ1) is 11.4. The van der Waals surface area contributed by atoms with Gasteiger partial charge in [0.05, 0.1) is 12.7 Å². The average molecular weight is 290 g/mol. The molecule has 1 aliphatic carbocycles. The minimum absolute atomic E-state index is 0.365. The summed E-state index contributed by atoms with van der Waals surface area (Å²) in [6.45, 7) is 0.660. The number of alkyl halides is 1. The monoisotopic (exact) mass is 288 g/mol. The van der Waals surface area contributed by atoms with E-state index in [0.29, 0.717) is 17.5 Å². The van der Waals surface area contributed by atoms with Gasteiger partial charge in [-0.1, -0.05) is 39.7 Å². The second-order valence-corrected chi connectivity index (χ2v) is 5.54. The van der Waals surface area contributed by atoms with Crippen molar-refractivity contribution in [2.45, 2.75) is 36.8 Å². The molecule has 1 aromatic carbocycles. The van der Waals surface area contributed by atoms with Gasteiger partial charge >= 0.3 is 0 Å². The fourth-order valence-electron chi connectivity index (χ4n) is 1.90. The predicted molar refractivity (Wildman–Crippen MR) is 66.6 cm³/mol. The number of benzene rings is 1. The third-order valence-corrected chi connectivity index (χ3v) is 4.01. The minimum Gasteiger partial charge on any atom is -0.372 e. The van der Waals surface area contributed by atoms with Crippen LogP contribution in [0.3, 0.4) is 0 Å². The highest BCUT2D eigenvalue weighted by molar-refractivity contribution is 9.09. The summed E-state index contributed by atoms with van der Waals surface area (Å²) in [7, 11) is 0. The van der Waals surface area contributed by atoms with Crippen LogP contribution in [-0.4, -0.2) is 10.9 Å². The number of hydrogen-bond donors (Lipinski definition) is 0. The maximum atomic E-state index is 5.90. The Kier molecular flexibility index (Phi) is 4.06. The van der Waals surface area contributed by atoms with Crippen molar-refractivity contribution in [2.24, 2.45) is 0 Å². The van der Waals surface area contributed by atoms with E-state index in [0.717, 1.165) is 17.0 Å². The van der Waals surface area contributed by atoms with Crippen LogP contribution in [0.15, 0.2) is 24.3 Å². The molecule has 0 N–H and O–H groups in total. The molecule has 1 nitrogen and oxygen atoms in total. The summed E-state index contributed by atoms with van der Waals surface area (Å²) in [5.74, 6) is 0. The molecule has 0 amide bonds. The molecule has 1 fully saturated rings. The summed E-state index contributed by atoms with van der Waals surface area (Å²) in [5.41, 5.74) is 1.15. The van der Waals surface area contributed by atoms with Gasteiger partial charge < -0.3 is 4.74 Å². The van der Waals surface area contributed by atoms with Gasteiger partial charge in [-0.05, 0) is 37.0 Å². The summed E-state index contributed by atoms with van der Waals surface area (Å²) >= 11 is 9.55. The average Bonchev–Trinajstić information content (AvgIpc) is 2.61. The molecule has 2 atom stereocenters. The lowest BCUT2D eigenvalue weighted by Crippen LogP contribution is -2.17. The Morgan fingerprint density at radius 2 is 2.27 bits per heavy atom. The Labute approximate surface area is 104 Å². The Hall–Kier alpha value is -0.0500. The van der Waals surface area contributed by atoms with E-state index in [-0.39, 0.29) is 0 Å². The Morgan fingerprint density at radius 1 is 1.40 bits per heavy atom. The van der Waals surface area contributed by atoms with Crippen molar-refractivity contribution in [3.63, 3.8) is 0 Å². The van der Waals surface area contributed by atoms with Crippen molar-refractivity contribution in [1.82, 2.24) is 0 Å². The van der Waals surface area contributed by atoms with Crippen molar-refractivity contribution < 1.29 is 4.74 Å². The van der Waals surface area contributed by atoms with Gasteiger partial charge in [0.25, 0.3) is 0 Å². The first-order chi connectivity index (χ1) is 7.25. The summed E-state index contributed by atoms with van der Waals surface area (Å²) in [5, 5.41) is 0.776. The zero-order valence-electron chi connectivity index (χ0n) is 8.46. The van der Waals surface area contributed by atoms with Crippen molar-refractivity contribution in [2.75, 3.05) is 0 Å². The molecule has 0 aliphatic heterocycles. The predicted octanol–water partition coefficient (Wildman–Crippen LogP) is 4.17. The lowest BCUT2D eigenvalue weighted by atomic mass is 10.2. The van der Waals surface area contributed by atoms with Crippen molar-refractivity contribution in [3.05, 3.63) is 34.9 Å². The third-order valence-electron chi connectivity index (χ3n) is 2.73. The number of rotatable bonds is 3. The highest BCUT2D eigenvalue weighted by Gasteiger charge is 2.25. The first-order valence-corrected chi connectivity index (χ1v) is 6.55. The molecule has 0 bridgehead atoms. The van der Waals surface area contributed by atoms with Gasteiger partial charge in [-0.25, -0.2) is 0 Å². The van der Waals surface area contributed by atoms with Crippen molar-refractivity contribution in [3.8, 4) is 0 Å². The third kappa shape index (κ3) is 3.20. The van der Waals surface area contributed by atoms with E-state index in [4.69, 9.17) is 16.3 Å². The Balaban J connectivity index is 1.87. The molecular formula is C12H14BrClO. The van der Waals surface area contributed by atoms with E-state index < -0.39 is 0 Å². The van der Waals surface area contributed by atoms with Gasteiger partial charge in [0.2, 0.25) is 0 Å². The van der Waals surface area contributed by atoms with Crippen LogP contribution >= 0.6 is 27.5 Å². The van der Waals surface area contributed by atoms with Crippen LogP contribution in [-0.2, 0) is 11.3 Å². The van der Waals surface area contributed by atoms with Crippen LogP contribution < -0.4 is 0 Å². The van der Waals surface area contributed by atoms with Crippen molar-refractivity contribution >= 4 is 27.5 Å². The molecule has 1 aliphatic rings. The van der Waals surface area contributed by atoms with Gasteiger partial charge in [-0.3, -0.25) is 0 Å². The van der Waals surface area contributed by atoms with Crippen LogP contribution in [0.2, 0.25) is 5.02 Å². The zero-order chi connectivity index (χ0) is 10.7. The van der Waals surface area contributed by atoms with Crippen LogP contribution in [0.4, 0.5) is 0 Å². The highest BCUT2D eigenvalue weighted by atomic mass is 79.9. The molecule has 1 aromatic rings. The number of ether oxygens (including phenoxy) is 1. The molecule has 0 saturated heterocycles. The summed E-state index contributed by atoms with van der Waals surface area (Å²) in [4.78, 5) is 0.525. The van der Waals surface area contributed by atoms with Gasteiger partial charge in [0.1, 0.15) is 0 Å². The lowest BCUT2D eigenvalue weighted by Gasteiger charge is -2.15. The first-order valence-electron chi connectivity index (χ1n) is 5.26. The van der Waals surface area contributed by atoms with E-state index in [1.54, 1.807) is 0 Å². The molecule has 0 aromatic heterocycles. The molecule has 2 unspecified atom stereocenters. The molecule has 15 heavy (non-hydrogen) atoms. The quantitative estimate of drug-likeness (QED) is 0.759. The number of hydrogen-bond acceptors (Lipinski definition) is 1. The van der Waals surface area contributed by atoms with Crippen molar-refractivity contribution in [1.29, 1.82) is 0 Å². The van der Waals surface area contributed by atoms with E-state index >= 15 is 0 Å². The molecule has 0 heterocycles. The molecule has 82 valence electrons. The van der Waals surface area contributed by atoms with E-state index in [9.17, 15) is 0 Å². The van der Waals surface area contributed by atoms with Gasteiger partial charge in [0.15, 0.2) is 0 Å². The van der Waals surface area contributed by atoms with Crippen LogP contribution in [0.1, 0.15) is 24.8 Å². The fourth-order valence-corrected chi connectivity index (χ4v) is 2.85. The molecular weight excluding hydrogens is 275 g/mol. The number of halogens is 2. The second kappa shape index (κ2) is 5.33. The van der Waals surface area contributed by atoms with E-state index in [1.807, 2.05) is 24.3 Å². The Morgan fingerprint density at radius 3 is 2.93 bits per heavy atom. The largest absolute Gasteiger partial charge is 0.372 e. The van der Waals surface area contributed by atoms with E-state index in [1.165, 1.54) is 12.8 Å². The molecule has 0 radical (unpaired) electrons. The Bertz CT molecular complexity index is 329. The standard InChI is InChI=1S/C12H14BrClO/c13-11-5-2-6-12(11)15-8-9-3-1-4-10(14)7-9/h1,3-4,7,11-12H,2,5-6,8H2. The molecule has 0 spiro atoms. The van der Waals surface area contributed by atoms with Gasteiger partial charge in [0, 0.05) is 9.85 Å². The van der Waals surface area contributed by atoms with Crippen LogP contribution in [0.25, 0.3) is 0 Å². The van der Waals surface area contributed by atoms with E-state index in [2.05, 4.69) is 15.9 Å². The maximum absolute atomic E-state index is 5.90. The minimum atomic E-state index is 0.365. The van der Waals surface area contributed by atoms with Crippen LogP contribution in [0, 0.1) is 0 Å². The topological polar surface area (TPSA) is 9.23 Å². The zero-order valence-corrected chi connectivity index (χ0v) is 10.8. The normalized spacial score (nSPS) is 25.7. The molecule has 1 saturated carbocycles. The molecule has 2 rings (SSSR count). The highest BCUT2D eigenvalue weighted by Crippen LogP contribution is 2.28. The maximum Gasteiger partial charge on any atom is 0.0721 e.